The number of rotatable bonds is 4. The Kier molecular flexibility index (Phi) is 5.13. The average molecular weight is 361 g/mol. The third-order valence-corrected chi connectivity index (χ3v) is 4.05. The summed E-state index contributed by atoms with van der Waals surface area (Å²) >= 11 is 9.15. The standard InChI is InChI=1S/C15H13BrClF2N/c1-9(10-4-2-3-5-13(10)17)20-8-11-14(18)7-6-12(16)15(11)19/h2-7,9,20H,8H2,1H3/t9-/m0/s1. The lowest BCUT2D eigenvalue weighted by molar-refractivity contribution is 0.507. The quantitative estimate of drug-likeness (QED) is 0.736. The van der Waals surface area contributed by atoms with Crippen molar-refractivity contribution in [2.45, 2.75) is 19.5 Å². The van der Waals surface area contributed by atoms with Gasteiger partial charge in [0.25, 0.3) is 0 Å². The highest BCUT2D eigenvalue weighted by molar-refractivity contribution is 9.10. The zero-order chi connectivity index (χ0) is 14.7. The van der Waals surface area contributed by atoms with Gasteiger partial charge in [-0.3, -0.25) is 0 Å². The molecule has 20 heavy (non-hydrogen) atoms. The van der Waals surface area contributed by atoms with Gasteiger partial charge < -0.3 is 5.32 Å². The SMILES string of the molecule is C[C@H](NCc1c(F)ccc(Br)c1F)c1ccccc1Cl. The van der Waals surface area contributed by atoms with Gasteiger partial charge in [0.15, 0.2) is 0 Å². The topological polar surface area (TPSA) is 12.0 Å². The summed E-state index contributed by atoms with van der Waals surface area (Å²) in [5, 5.41) is 3.71. The molecule has 2 aromatic carbocycles. The second-order valence-corrected chi connectivity index (χ2v) is 5.71. The molecule has 1 N–H and O–H groups in total. The zero-order valence-electron chi connectivity index (χ0n) is 10.8. The highest BCUT2D eigenvalue weighted by Crippen LogP contribution is 2.25. The first-order chi connectivity index (χ1) is 9.50. The van der Waals surface area contributed by atoms with Crippen LogP contribution in [0.2, 0.25) is 5.02 Å². The Balaban J connectivity index is 2.14. The fourth-order valence-electron chi connectivity index (χ4n) is 1.92. The summed E-state index contributed by atoms with van der Waals surface area (Å²) in [6.07, 6.45) is 0. The molecule has 0 aliphatic carbocycles. The fraction of sp³-hybridized carbons (Fsp3) is 0.200. The molecule has 0 unspecified atom stereocenters. The second-order valence-electron chi connectivity index (χ2n) is 4.45. The monoisotopic (exact) mass is 359 g/mol. The molecule has 0 amide bonds. The van der Waals surface area contributed by atoms with Crippen LogP contribution >= 0.6 is 27.5 Å². The van der Waals surface area contributed by atoms with Crippen molar-refractivity contribution in [1.82, 2.24) is 5.32 Å². The van der Waals surface area contributed by atoms with Crippen LogP contribution in [0.1, 0.15) is 24.1 Å². The van der Waals surface area contributed by atoms with Gasteiger partial charge in [0.2, 0.25) is 0 Å². The van der Waals surface area contributed by atoms with E-state index in [1.807, 2.05) is 25.1 Å². The highest BCUT2D eigenvalue weighted by Gasteiger charge is 2.14. The van der Waals surface area contributed by atoms with Crippen LogP contribution in [-0.2, 0) is 6.54 Å². The minimum absolute atomic E-state index is 0.0123. The first-order valence-electron chi connectivity index (χ1n) is 6.11. The minimum atomic E-state index is -0.580. The molecular formula is C15H13BrClF2N. The van der Waals surface area contributed by atoms with Crippen molar-refractivity contribution in [3.63, 3.8) is 0 Å². The van der Waals surface area contributed by atoms with Crippen LogP contribution in [0.25, 0.3) is 0 Å². The van der Waals surface area contributed by atoms with E-state index >= 15 is 0 Å². The van der Waals surface area contributed by atoms with Crippen LogP contribution in [0, 0.1) is 11.6 Å². The molecule has 2 aromatic rings. The third-order valence-electron chi connectivity index (χ3n) is 3.10. The van der Waals surface area contributed by atoms with Gasteiger partial charge in [0, 0.05) is 23.2 Å². The van der Waals surface area contributed by atoms with Gasteiger partial charge in [0.1, 0.15) is 11.6 Å². The van der Waals surface area contributed by atoms with Gasteiger partial charge in [-0.25, -0.2) is 8.78 Å². The fourth-order valence-corrected chi connectivity index (χ4v) is 2.59. The number of benzene rings is 2. The maximum absolute atomic E-state index is 13.8. The third kappa shape index (κ3) is 3.37. The van der Waals surface area contributed by atoms with Crippen LogP contribution < -0.4 is 5.32 Å². The second kappa shape index (κ2) is 6.66. The van der Waals surface area contributed by atoms with E-state index in [1.54, 1.807) is 6.07 Å². The maximum atomic E-state index is 13.8. The van der Waals surface area contributed by atoms with Crippen molar-refractivity contribution in [3.05, 3.63) is 68.7 Å². The minimum Gasteiger partial charge on any atom is -0.306 e. The molecule has 0 aromatic heterocycles. The van der Waals surface area contributed by atoms with Crippen LogP contribution in [-0.4, -0.2) is 0 Å². The van der Waals surface area contributed by atoms with E-state index in [-0.39, 0.29) is 22.6 Å². The number of hydrogen-bond acceptors (Lipinski definition) is 1. The van der Waals surface area contributed by atoms with E-state index in [2.05, 4.69) is 21.2 Å². The van der Waals surface area contributed by atoms with E-state index in [4.69, 9.17) is 11.6 Å². The lowest BCUT2D eigenvalue weighted by Gasteiger charge is -2.16. The molecule has 0 heterocycles. The van der Waals surface area contributed by atoms with Gasteiger partial charge >= 0.3 is 0 Å². The van der Waals surface area contributed by atoms with Crippen molar-refractivity contribution in [3.8, 4) is 0 Å². The Bertz CT molecular complexity index is 619. The van der Waals surface area contributed by atoms with Gasteiger partial charge in [-0.2, -0.15) is 0 Å². The van der Waals surface area contributed by atoms with Crippen molar-refractivity contribution >= 4 is 27.5 Å². The van der Waals surface area contributed by atoms with Crippen molar-refractivity contribution in [2.75, 3.05) is 0 Å². The summed E-state index contributed by atoms with van der Waals surface area (Å²) in [5.41, 5.74) is 0.906. The molecule has 0 saturated carbocycles. The lowest BCUT2D eigenvalue weighted by atomic mass is 10.1. The van der Waals surface area contributed by atoms with Gasteiger partial charge in [-0.15, -0.1) is 0 Å². The van der Waals surface area contributed by atoms with Gasteiger partial charge in [-0.05, 0) is 46.6 Å². The first kappa shape index (κ1) is 15.4. The molecule has 0 fully saturated rings. The van der Waals surface area contributed by atoms with E-state index < -0.39 is 11.6 Å². The van der Waals surface area contributed by atoms with E-state index in [1.165, 1.54) is 12.1 Å². The summed E-state index contributed by atoms with van der Waals surface area (Å²) in [5.74, 6) is -1.14. The molecule has 1 nitrogen and oxygen atoms in total. The largest absolute Gasteiger partial charge is 0.306 e. The molecule has 0 radical (unpaired) electrons. The molecule has 2 rings (SSSR count). The normalized spacial score (nSPS) is 12.4. The molecule has 0 spiro atoms. The van der Waals surface area contributed by atoms with Crippen LogP contribution in [0.3, 0.4) is 0 Å². The van der Waals surface area contributed by atoms with Gasteiger partial charge in [0.05, 0.1) is 4.47 Å². The van der Waals surface area contributed by atoms with Crippen LogP contribution in [0.5, 0.6) is 0 Å². The van der Waals surface area contributed by atoms with Crippen molar-refractivity contribution in [1.29, 1.82) is 0 Å². The smallest absolute Gasteiger partial charge is 0.144 e. The molecule has 0 saturated heterocycles. The zero-order valence-corrected chi connectivity index (χ0v) is 13.1. The Labute approximate surface area is 130 Å². The van der Waals surface area contributed by atoms with Crippen molar-refractivity contribution < 1.29 is 8.78 Å². The molecule has 1 atom stereocenters. The van der Waals surface area contributed by atoms with Crippen LogP contribution in [0.15, 0.2) is 40.9 Å². The number of halogens is 4. The summed E-state index contributed by atoms with van der Waals surface area (Å²) in [6, 6.07) is 9.87. The molecule has 0 bridgehead atoms. The predicted octanol–water partition coefficient (Wildman–Crippen LogP) is 5.23. The molecule has 106 valence electrons. The Morgan fingerprint density at radius 3 is 2.60 bits per heavy atom. The summed E-state index contributed by atoms with van der Waals surface area (Å²) < 4.78 is 27.7. The lowest BCUT2D eigenvalue weighted by Crippen LogP contribution is -2.20. The predicted molar refractivity (Wildman–Crippen MR) is 80.8 cm³/mol. The Hall–Kier alpha value is -0.970. The molecular weight excluding hydrogens is 348 g/mol. The van der Waals surface area contributed by atoms with Crippen LogP contribution in [0.4, 0.5) is 8.78 Å². The van der Waals surface area contributed by atoms with E-state index in [0.29, 0.717) is 5.02 Å². The summed E-state index contributed by atoms with van der Waals surface area (Å²) in [6.45, 7) is 1.98. The van der Waals surface area contributed by atoms with E-state index in [9.17, 15) is 8.78 Å². The molecule has 0 aliphatic heterocycles. The van der Waals surface area contributed by atoms with Gasteiger partial charge in [-0.1, -0.05) is 29.8 Å². The summed E-state index contributed by atoms with van der Waals surface area (Å²) in [4.78, 5) is 0. The number of hydrogen-bond donors (Lipinski definition) is 1. The maximum Gasteiger partial charge on any atom is 0.144 e. The molecule has 0 aliphatic rings. The van der Waals surface area contributed by atoms with Crippen molar-refractivity contribution in [2.24, 2.45) is 0 Å². The Morgan fingerprint density at radius 2 is 1.90 bits per heavy atom. The average Bonchev–Trinajstić information content (AvgIpc) is 2.43. The molecule has 5 heteroatoms. The first-order valence-corrected chi connectivity index (χ1v) is 7.28. The number of nitrogens with one attached hydrogen (secondary N) is 1. The Morgan fingerprint density at radius 1 is 1.20 bits per heavy atom. The van der Waals surface area contributed by atoms with E-state index in [0.717, 1.165) is 5.56 Å². The highest BCUT2D eigenvalue weighted by atomic mass is 79.9. The summed E-state index contributed by atoms with van der Waals surface area (Å²) in [7, 11) is 0.